The summed E-state index contributed by atoms with van der Waals surface area (Å²) in [4.78, 5) is 25.6. The standard InChI is InChI=1S/C21H26O5/c1-13-7-9-20(2)15(18(22)24-3)5-4-6-17(20)21(13)11-16(26-19(21)23)14-8-10-25-12-14/h5,8,10,12-13,16-17H,4,6-7,9,11H2,1-3H3/t13-,16+,17+,20+,21-/m0/s1. The lowest BCUT2D eigenvalue weighted by Gasteiger charge is -2.55. The Morgan fingerprint density at radius 2 is 2.15 bits per heavy atom. The second kappa shape index (κ2) is 6.00. The van der Waals surface area contributed by atoms with E-state index >= 15 is 0 Å². The average Bonchev–Trinajstić information content (AvgIpc) is 3.27. The molecule has 0 radical (unpaired) electrons. The zero-order valence-corrected chi connectivity index (χ0v) is 15.6. The van der Waals surface area contributed by atoms with Crippen LogP contribution in [0, 0.1) is 22.7 Å². The normalized spacial score (nSPS) is 39.3. The highest BCUT2D eigenvalue weighted by Crippen LogP contribution is 2.65. The third-order valence-corrected chi connectivity index (χ3v) is 7.26. The summed E-state index contributed by atoms with van der Waals surface area (Å²) in [7, 11) is 1.43. The molecule has 140 valence electrons. The van der Waals surface area contributed by atoms with Crippen LogP contribution in [0.4, 0.5) is 0 Å². The number of hydrogen-bond donors (Lipinski definition) is 0. The first-order valence-electron chi connectivity index (χ1n) is 9.45. The molecule has 5 heteroatoms. The Hall–Kier alpha value is -2.04. The Morgan fingerprint density at radius 1 is 1.35 bits per heavy atom. The smallest absolute Gasteiger partial charge is 0.333 e. The molecule has 2 aliphatic carbocycles. The highest BCUT2D eigenvalue weighted by Gasteiger charge is 2.65. The van der Waals surface area contributed by atoms with Crippen LogP contribution in [0.15, 0.2) is 34.7 Å². The van der Waals surface area contributed by atoms with Gasteiger partial charge >= 0.3 is 11.9 Å². The van der Waals surface area contributed by atoms with Gasteiger partial charge in [-0.2, -0.15) is 0 Å². The van der Waals surface area contributed by atoms with Gasteiger partial charge in [-0.05, 0) is 43.6 Å². The first-order chi connectivity index (χ1) is 12.4. The van der Waals surface area contributed by atoms with E-state index in [1.54, 1.807) is 12.5 Å². The van der Waals surface area contributed by atoms with Crippen LogP contribution in [0.25, 0.3) is 0 Å². The van der Waals surface area contributed by atoms with Gasteiger partial charge in [-0.25, -0.2) is 4.79 Å². The lowest BCUT2D eigenvalue weighted by Crippen LogP contribution is -2.54. The van der Waals surface area contributed by atoms with Crippen LogP contribution in [0.1, 0.15) is 57.6 Å². The molecule has 1 saturated heterocycles. The van der Waals surface area contributed by atoms with Crippen molar-refractivity contribution in [3.8, 4) is 0 Å². The summed E-state index contributed by atoms with van der Waals surface area (Å²) >= 11 is 0. The van der Waals surface area contributed by atoms with Gasteiger partial charge in [-0.1, -0.05) is 19.9 Å². The van der Waals surface area contributed by atoms with E-state index in [0.29, 0.717) is 6.42 Å². The zero-order valence-electron chi connectivity index (χ0n) is 15.6. The summed E-state index contributed by atoms with van der Waals surface area (Å²) in [6.07, 6.45) is 9.16. The quantitative estimate of drug-likeness (QED) is 0.741. The number of carbonyl (C=O) groups is 2. The molecule has 5 atom stereocenters. The fourth-order valence-corrected chi connectivity index (χ4v) is 5.81. The van der Waals surface area contributed by atoms with Gasteiger partial charge in [-0.15, -0.1) is 0 Å². The van der Waals surface area contributed by atoms with Crippen molar-refractivity contribution in [2.75, 3.05) is 7.11 Å². The van der Waals surface area contributed by atoms with Gasteiger partial charge < -0.3 is 13.9 Å². The molecule has 0 aromatic carbocycles. The fraction of sp³-hybridized carbons (Fsp3) is 0.619. The lowest BCUT2D eigenvalue weighted by molar-refractivity contribution is -0.163. The molecule has 1 aromatic rings. The number of carbonyl (C=O) groups excluding carboxylic acids is 2. The molecule has 0 bridgehead atoms. The lowest BCUT2D eigenvalue weighted by atomic mass is 9.46. The topological polar surface area (TPSA) is 65.7 Å². The van der Waals surface area contributed by atoms with E-state index < -0.39 is 5.41 Å². The Morgan fingerprint density at radius 3 is 2.85 bits per heavy atom. The van der Waals surface area contributed by atoms with Gasteiger partial charge in [0.2, 0.25) is 0 Å². The number of hydrogen-bond acceptors (Lipinski definition) is 5. The van der Waals surface area contributed by atoms with E-state index in [4.69, 9.17) is 13.9 Å². The SMILES string of the molecule is COC(=O)C1=CCC[C@H]2[C@]3(C[C@H](c4ccoc4)OC3=O)[C@@H](C)CC[C@]12C. The van der Waals surface area contributed by atoms with Crippen LogP contribution in [-0.4, -0.2) is 19.0 Å². The van der Waals surface area contributed by atoms with E-state index in [0.717, 1.165) is 36.8 Å². The molecule has 4 rings (SSSR count). The molecular formula is C21H26O5. The van der Waals surface area contributed by atoms with Crippen molar-refractivity contribution in [1.29, 1.82) is 0 Å². The minimum Gasteiger partial charge on any atom is -0.472 e. The molecule has 1 spiro atoms. The van der Waals surface area contributed by atoms with Gasteiger partial charge in [0.15, 0.2) is 0 Å². The Bertz CT molecular complexity index is 748. The minimum atomic E-state index is -0.553. The minimum absolute atomic E-state index is 0.0854. The Balaban J connectivity index is 1.75. The van der Waals surface area contributed by atoms with Crippen molar-refractivity contribution in [2.45, 2.75) is 52.1 Å². The molecule has 26 heavy (non-hydrogen) atoms. The van der Waals surface area contributed by atoms with Crippen LogP contribution >= 0.6 is 0 Å². The summed E-state index contributed by atoms with van der Waals surface area (Å²) < 4.78 is 16.1. The molecular weight excluding hydrogens is 332 g/mol. The number of furan rings is 1. The number of cyclic esters (lactones) is 1. The second-order valence-corrected chi connectivity index (χ2v) is 8.29. The van der Waals surface area contributed by atoms with Crippen molar-refractivity contribution >= 4 is 11.9 Å². The van der Waals surface area contributed by atoms with Gasteiger partial charge in [0.05, 0.1) is 25.1 Å². The van der Waals surface area contributed by atoms with Crippen molar-refractivity contribution < 1.29 is 23.5 Å². The largest absolute Gasteiger partial charge is 0.472 e. The number of rotatable bonds is 2. The first kappa shape index (κ1) is 17.4. The summed E-state index contributed by atoms with van der Waals surface area (Å²) in [6, 6.07) is 1.87. The monoisotopic (exact) mass is 358 g/mol. The molecule has 2 fully saturated rings. The third-order valence-electron chi connectivity index (χ3n) is 7.26. The van der Waals surface area contributed by atoms with Crippen molar-refractivity contribution in [3.63, 3.8) is 0 Å². The Kier molecular flexibility index (Phi) is 4.01. The van der Waals surface area contributed by atoms with Crippen LogP contribution < -0.4 is 0 Å². The van der Waals surface area contributed by atoms with Crippen LogP contribution in [0.3, 0.4) is 0 Å². The number of allylic oxidation sites excluding steroid dienone is 1. The summed E-state index contributed by atoms with van der Waals surface area (Å²) in [5, 5.41) is 0. The van der Waals surface area contributed by atoms with Crippen molar-refractivity contribution in [3.05, 3.63) is 35.8 Å². The van der Waals surface area contributed by atoms with E-state index in [-0.39, 0.29) is 35.3 Å². The highest BCUT2D eigenvalue weighted by atomic mass is 16.6. The molecule has 0 amide bonds. The van der Waals surface area contributed by atoms with Crippen LogP contribution in [0.2, 0.25) is 0 Å². The molecule has 0 unspecified atom stereocenters. The predicted molar refractivity (Wildman–Crippen MR) is 93.9 cm³/mol. The highest BCUT2D eigenvalue weighted by molar-refractivity contribution is 5.91. The number of fused-ring (bicyclic) bond motifs is 2. The van der Waals surface area contributed by atoms with Crippen LogP contribution in [0.5, 0.6) is 0 Å². The van der Waals surface area contributed by atoms with E-state index in [1.807, 2.05) is 12.1 Å². The molecule has 3 aliphatic rings. The number of ether oxygens (including phenoxy) is 2. The van der Waals surface area contributed by atoms with E-state index in [2.05, 4.69) is 13.8 Å². The van der Waals surface area contributed by atoms with E-state index in [1.165, 1.54) is 7.11 Å². The number of methoxy groups -OCH3 is 1. The van der Waals surface area contributed by atoms with Crippen molar-refractivity contribution in [1.82, 2.24) is 0 Å². The molecule has 2 heterocycles. The summed E-state index contributed by atoms with van der Waals surface area (Å²) in [6.45, 7) is 4.29. The maximum Gasteiger partial charge on any atom is 0.333 e. The van der Waals surface area contributed by atoms with Crippen LogP contribution in [-0.2, 0) is 19.1 Å². The molecule has 5 nitrogen and oxygen atoms in total. The summed E-state index contributed by atoms with van der Waals surface area (Å²) in [5.74, 6) is -0.0675. The molecule has 1 aromatic heterocycles. The summed E-state index contributed by atoms with van der Waals surface area (Å²) in [5.41, 5.74) is 0.751. The maximum atomic E-state index is 13.2. The first-order valence-corrected chi connectivity index (χ1v) is 9.45. The zero-order chi connectivity index (χ0) is 18.5. The Labute approximate surface area is 153 Å². The average molecular weight is 358 g/mol. The molecule has 1 aliphatic heterocycles. The molecule has 0 N–H and O–H groups in total. The molecule has 1 saturated carbocycles. The third kappa shape index (κ3) is 2.22. The van der Waals surface area contributed by atoms with Gasteiger partial charge in [0, 0.05) is 23.0 Å². The maximum absolute atomic E-state index is 13.2. The van der Waals surface area contributed by atoms with Gasteiger partial charge in [-0.3, -0.25) is 4.79 Å². The second-order valence-electron chi connectivity index (χ2n) is 8.29. The van der Waals surface area contributed by atoms with Gasteiger partial charge in [0.1, 0.15) is 6.10 Å². The predicted octanol–water partition coefficient (Wildman–Crippen LogP) is 4.20. The van der Waals surface area contributed by atoms with Crippen molar-refractivity contribution in [2.24, 2.45) is 22.7 Å². The van der Waals surface area contributed by atoms with Gasteiger partial charge in [0.25, 0.3) is 0 Å². The van der Waals surface area contributed by atoms with E-state index in [9.17, 15) is 9.59 Å². The fourth-order valence-electron chi connectivity index (χ4n) is 5.81. The number of esters is 2.